The number of ether oxygens (including phenoxy) is 1. The van der Waals surface area contributed by atoms with E-state index >= 15 is 0 Å². The second-order valence-corrected chi connectivity index (χ2v) is 5.23. The smallest absolute Gasteiger partial charge is 0.251 e. The SMILES string of the molecule is CCOc1ccc(C(=O)N[C@H](C)c2ccc(F)cc2)cc1Cl. The van der Waals surface area contributed by atoms with Crippen molar-refractivity contribution in [3.05, 3.63) is 64.4 Å². The molecule has 1 N–H and O–H groups in total. The van der Waals surface area contributed by atoms with E-state index in [1.54, 1.807) is 30.3 Å². The quantitative estimate of drug-likeness (QED) is 0.888. The molecule has 0 fully saturated rings. The Morgan fingerprint density at radius 2 is 1.95 bits per heavy atom. The highest BCUT2D eigenvalue weighted by molar-refractivity contribution is 6.32. The maximum Gasteiger partial charge on any atom is 0.251 e. The largest absolute Gasteiger partial charge is 0.492 e. The van der Waals surface area contributed by atoms with Gasteiger partial charge in [0.2, 0.25) is 0 Å². The predicted molar refractivity (Wildman–Crippen MR) is 84.9 cm³/mol. The van der Waals surface area contributed by atoms with Crippen LogP contribution in [0.1, 0.15) is 35.8 Å². The van der Waals surface area contributed by atoms with Gasteiger partial charge in [-0.25, -0.2) is 4.39 Å². The molecular formula is C17H17ClFNO2. The lowest BCUT2D eigenvalue weighted by Crippen LogP contribution is -2.26. The number of halogens is 2. The number of amides is 1. The van der Waals surface area contributed by atoms with Crippen LogP contribution in [0.3, 0.4) is 0 Å². The first-order valence-corrected chi connectivity index (χ1v) is 7.37. The lowest BCUT2D eigenvalue weighted by atomic mass is 10.1. The fourth-order valence-electron chi connectivity index (χ4n) is 2.03. The lowest BCUT2D eigenvalue weighted by molar-refractivity contribution is 0.0940. The number of benzene rings is 2. The van der Waals surface area contributed by atoms with Crippen molar-refractivity contribution in [2.45, 2.75) is 19.9 Å². The first-order valence-electron chi connectivity index (χ1n) is 7.00. The van der Waals surface area contributed by atoms with E-state index in [-0.39, 0.29) is 17.8 Å². The molecule has 5 heteroatoms. The Hall–Kier alpha value is -2.07. The molecule has 0 saturated heterocycles. The molecule has 0 aliphatic heterocycles. The van der Waals surface area contributed by atoms with Crippen LogP contribution in [0.25, 0.3) is 0 Å². The number of rotatable bonds is 5. The zero-order chi connectivity index (χ0) is 16.1. The molecule has 2 aromatic rings. The molecule has 0 spiro atoms. The zero-order valence-electron chi connectivity index (χ0n) is 12.4. The van der Waals surface area contributed by atoms with Gasteiger partial charge in [0.05, 0.1) is 17.7 Å². The summed E-state index contributed by atoms with van der Waals surface area (Å²) in [5.74, 6) is -0.00496. The molecule has 0 unspecified atom stereocenters. The summed E-state index contributed by atoms with van der Waals surface area (Å²) >= 11 is 6.08. The molecule has 0 bridgehead atoms. The van der Waals surface area contributed by atoms with Gasteiger partial charge in [-0.3, -0.25) is 4.79 Å². The standard InChI is InChI=1S/C17H17ClFNO2/c1-3-22-16-9-6-13(10-15(16)18)17(21)20-11(2)12-4-7-14(19)8-5-12/h4-11H,3H2,1-2H3,(H,20,21)/t11-/m1/s1. The summed E-state index contributed by atoms with van der Waals surface area (Å²) in [5, 5.41) is 3.24. The second-order valence-electron chi connectivity index (χ2n) is 4.82. The first kappa shape index (κ1) is 16.3. The molecular weight excluding hydrogens is 305 g/mol. The highest BCUT2D eigenvalue weighted by Gasteiger charge is 2.13. The van der Waals surface area contributed by atoms with Crippen molar-refractivity contribution in [2.75, 3.05) is 6.61 Å². The third-order valence-electron chi connectivity index (χ3n) is 3.21. The molecule has 0 radical (unpaired) electrons. The minimum Gasteiger partial charge on any atom is -0.492 e. The van der Waals surface area contributed by atoms with Crippen LogP contribution in [0, 0.1) is 5.82 Å². The van der Waals surface area contributed by atoms with Crippen LogP contribution in [0.15, 0.2) is 42.5 Å². The van der Waals surface area contributed by atoms with Crippen molar-refractivity contribution in [1.82, 2.24) is 5.32 Å². The maximum absolute atomic E-state index is 12.9. The number of carbonyl (C=O) groups is 1. The highest BCUT2D eigenvalue weighted by atomic mass is 35.5. The third kappa shape index (κ3) is 3.98. The first-order chi connectivity index (χ1) is 10.5. The number of hydrogen-bond donors (Lipinski definition) is 1. The minimum atomic E-state index is -0.305. The molecule has 22 heavy (non-hydrogen) atoms. The average Bonchev–Trinajstić information content (AvgIpc) is 2.50. The average molecular weight is 322 g/mol. The molecule has 0 aromatic heterocycles. The summed E-state index contributed by atoms with van der Waals surface area (Å²) < 4.78 is 18.2. The molecule has 0 aliphatic rings. The summed E-state index contributed by atoms with van der Waals surface area (Å²) in [7, 11) is 0. The van der Waals surface area contributed by atoms with Gasteiger partial charge in [-0.2, -0.15) is 0 Å². The van der Waals surface area contributed by atoms with Gasteiger partial charge in [0.15, 0.2) is 0 Å². The predicted octanol–water partition coefficient (Wildman–Crippen LogP) is 4.37. The normalized spacial score (nSPS) is 11.8. The Bertz CT molecular complexity index is 658. The summed E-state index contributed by atoms with van der Waals surface area (Å²) in [6, 6.07) is 10.7. The second kappa shape index (κ2) is 7.27. The van der Waals surface area contributed by atoms with Crippen molar-refractivity contribution in [3.8, 4) is 5.75 Å². The van der Waals surface area contributed by atoms with Crippen LogP contribution in [0.5, 0.6) is 5.75 Å². The van der Waals surface area contributed by atoms with Gasteiger partial charge < -0.3 is 10.1 Å². The zero-order valence-corrected chi connectivity index (χ0v) is 13.2. The fourth-order valence-corrected chi connectivity index (χ4v) is 2.26. The maximum atomic E-state index is 12.9. The van der Waals surface area contributed by atoms with Gasteiger partial charge in [0.1, 0.15) is 11.6 Å². The number of nitrogens with one attached hydrogen (secondary N) is 1. The van der Waals surface area contributed by atoms with Crippen LogP contribution < -0.4 is 10.1 Å². The monoisotopic (exact) mass is 321 g/mol. The van der Waals surface area contributed by atoms with E-state index in [0.29, 0.717) is 22.9 Å². The topological polar surface area (TPSA) is 38.3 Å². The summed E-state index contributed by atoms with van der Waals surface area (Å²) in [5.41, 5.74) is 1.27. The molecule has 0 aliphatic carbocycles. The minimum absolute atomic E-state index is 0.238. The molecule has 2 rings (SSSR count). The van der Waals surface area contributed by atoms with E-state index < -0.39 is 0 Å². The Labute approximate surface area is 134 Å². The van der Waals surface area contributed by atoms with Crippen molar-refractivity contribution in [2.24, 2.45) is 0 Å². The van der Waals surface area contributed by atoms with Gasteiger partial charge in [0, 0.05) is 5.56 Å². The highest BCUT2D eigenvalue weighted by Crippen LogP contribution is 2.25. The Kier molecular flexibility index (Phi) is 5.39. The summed E-state index contributed by atoms with van der Waals surface area (Å²) in [4.78, 5) is 12.2. The summed E-state index contributed by atoms with van der Waals surface area (Å²) in [6.07, 6.45) is 0. The molecule has 0 saturated carbocycles. The van der Waals surface area contributed by atoms with Crippen molar-refractivity contribution in [3.63, 3.8) is 0 Å². The lowest BCUT2D eigenvalue weighted by Gasteiger charge is -2.15. The van der Waals surface area contributed by atoms with E-state index in [9.17, 15) is 9.18 Å². The van der Waals surface area contributed by atoms with Gasteiger partial charge in [0.25, 0.3) is 5.91 Å². The van der Waals surface area contributed by atoms with Crippen molar-refractivity contribution >= 4 is 17.5 Å². The Balaban J connectivity index is 2.08. The molecule has 3 nitrogen and oxygen atoms in total. The third-order valence-corrected chi connectivity index (χ3v) is 3.51. The number of hydrogen-bond acceptors (Lipinski definition) is 2. The molecule has 1 atom stereocenters. The van der Waals surface area contributed by atoms with Gasteiger partial charge in [-0.05, 0) is 49.7 Å². The van der Waals surface area contributed by atoms with Gasteiger partial charge >= 0.3 is 0 Å². The van der Waals surface area contributed by atoms with Crippen molar-refractivity contribution < 1.29 is 13.9 Å². The van der Waals surface area contributed by atoms with Crippen LogP contribution in [0.2, 0.25) is 5.02 Å². The van der Waals surface area contributed by atoms with E-state index in [1.807, 2.05) is 13.8 Å². The van der Waals surface area contributed by atoms with E-state index in [2.05, 4.69) is 5.32 Å². The fraction of sp³-hybridized carbons (Fsp3) is 0.235. The number of carbonyl (C=O) groups excluding carboxylic acids is 1. The molecule has 0 heterocycles. The molecule has 2 aromatic carbocycles. The Morgan fingerprint density at radius 3 is 2.55 bits per heavy atom. The van der Waals surface area contributed by atoms with Crippen LogP contribution >= 0.6 is 11.6 Å². The molecule has 1 amide bonds. The van der Waals surface area contributed by atoms with Crippen LogP contribution in [0.4, 0.5) is 4.39 Å². The van der Waals surface area contributed by atoms with Crippen LogP contribution in [-0.4, -0.2) is 12.5 Å². The summed E-state index contributed by atoms with van der Waals surface area (Å²) in [6.45, 7) is 4.20. The van der Waals surface area contributed by atoms with E-state index in [4.69, 9.17) is 16.3 Å². The van der Waals surface area contributed by atoms with Crippen molar-refractivity contribution in [1.29, 1.82) is 0 Å². The Morgan fingerprint density at radius 1 is 1.27 bits per heavy atom. The van der Waals surface area contributed by atoms with Gasteiger partial charge in [-0.15, -0.1) is 0 Å². The molecule has 116 valence electrons. The van der Waals surface area contributed by atoms with E-state index in [0.717, 1.165) is 5.56 Å². The van der Waals surface area contributed by atoms with E-state index in [1.165, 1.54) is 12.1 Å². The van der Waals surface area contributed by atoms with Crippen LogP contribution in [-0.2, 0) is 0 Å². The van der Waals surface area contributed by atoms with Gasteiger partial charge in [-0.1, -0.05) is 23.7 Å².